The molecular weight excluding hydrogens is 512 g/mol. The minimum Gasteiger partial charge on any atom is -0.330 e. The smallest absolute Gasteiger partial charge is 0.00672 e. The van der Waals surface area contributed by atoms with E-state index in [1.54, 1.807) is 0 Å². The van der Waals surface area contributed by atoms with Crippen LogP contribution in [0.5, 0.6) is 0 Å². The van der Waals surface area contributed by atoms with Crippen molar-refractivity contribution in [2.45, 2.75) is 130 Å². The second-order valence-corrected chi connectivity index (χ2v) is 14.6. The largest absolute Gasteiger partial charge is 0.330 e. The zero-order valence-corrected chi connectivity index (χ0v) is 28.7. The van der Waals surface area contributed by atoms with Crippen LogP contribution >= 0.6 is 0 Å². The number of benzene rings is 2. The Kier molecular flexibility index (Phi) is 16.4. The third-order valence-corrected chi connectivity index (χ3v) is 8.66. The van der Waals surface area contributed by atoms with Crippen LogP contribution in [-0.2, 0) is 23.7 Å². The second kappa shape index (κ2) is 18.8. The van der Waals surface area contributed by atoms with Crippen LogP contribution in [-0.4, -0.2) is 45.3 Å². The lowest BCUT2D eigenvalue weighted by molar-refractivity contribution is 0.424. The summed E-state index contributed by atoms with van der Waals surface area (Å²) in [6.07, 6.45) is 10.7. The highest BCUT2D eigenvalue weighted by Gasteiger charge is 2.17. The molecule has 4 nitrogen and oxygen atoms in total. The zero-order valence-electron chi connectivity index (χ0n) is 28.7. The fourth-order valence-corrected chi connectivity index (χ4v) is 5.58. The van der Waals surface area contributed by atoms with Crippen molar-refractivity contribution in [3.05, 3.63) is 69.8 Å². The van der Waals surface area contributed by atoms with Gasteiger partial charge in [0.05, 0.1) is 0 Å². The summed E-state index contributed by atoms with van der Waals surface area (Å²) in [5.41, 5.74) is 14.8. The molecule has 0 amide bonds. The number of aryl methyl sites for hydroxylation is 4. The Hall–Kier alpha value is -1.72. The van der Waals surface area contributed by atoms with Gasteiger partial charge in [0.1, 0.15) is 0 Å². The van der Waals surface area contributed by atoms with Gasteiger partial charge in [-0.1, -0.05) is 77.9 Å². The fourth-order valence-electron chi connectivity index (χ4n) is 5.58. The van der Waals surface area contributed by atoms with Crippen molar-refractivity contribution in [3.63, 3.8) is 0 Å². The van der Waals surface area contributed by atoms with Crippen molar-refractivity contribution in [3.8, 4) is 0 Å². The monoisotopic (exact) mass is 579 g/mol. The number of hydrogen-bond donors (Lipinski definition) is 4. The van der Waals surface area contributed by atoms with Crippen molar-refractivity contribution in [2.24, 2.45) is 5.73 Å². The maximum Gasteiger partial charge on any atom is 0.00672 e. The highest BCUT2D eigenvalue weighted by molar-refractivity contribution is 5.35. The van der Waals surface area contributed by atoms with Gasteiger partial charge in [-0.25, -0.2) is 0 Å². The summed E-state index contributed by atoms with van der Waals surface area (Å²) >= 11 is 0. The Labute approximate surface area is 260 Å². The number of rotatable bonds is 20. The summed E-state index contributed by atoms with van der Waals surface area (Å²) in [5, 5.41) is 11.0. The molecule has 0 aromatic heterocycles. The predicted molar refractivity (Wildman–Crippen MR) is 186 cm³/mol. The Balaban J connectivity index is 1.87. The van der Waals surface area contributed by atoms with Crippen LogP contribution in [0.2, 0.25) is 0 Å². The highest BCUT2D eigenvalue weighted by atomic mass is 14.9. The van der Waals surface area contributed by atoms with Crippen molar-refractivity contribution in [1.29, 1.82) is 0 Å². The minimum absolute atomic E-state index is 0.198. The van der Waals surface area contributed by atoms with Crippen molar-refractivity contribution < 1.29 is 0 Å². The van der Waals surface area contributed by atoms with Crippen LogP contribution in [0.4, 0.5) is 0 Å². The van der Waals surface area contributed by atoms with Gasteiger partial charge in [-0.2, -0.15) is 0 Å². The molecule has 0 spiro atoms. The second-order valence-electron chi connectivity index (χ2n) is 14.6. The van der Waals surface area contributed by atoms with E-state index in [1.165, 1.54) is 84.7 Å². The molecule has 0 fully saturated rings. The molecule has 2 aromatic carbocycles. The first-order valence-corrected chi connectivity index (χ1v) is 17.0. The molecule has 0 aliphatic carbocycles. The van der Waals surface area contributed by atoms with Crippen molar-refractivity contribution in [2.75, 3.05) is 39.3 Å². The first-order valence-electron chi connectivity index (χ1n) is 17.0. The Morgan fingerprint density at radius 1 is 0.595 bits per heavy atom. The molecule has 0 atom stereocenters. The average molecular weight is 579 g/mol. The number of hydrogen-bond acceptors (Lipinski definition) is 4. The van der Waals surface area contributed by atoms with Gasteiger partial charge in [-0.05, 0) is 155 Å². The van der Waals surface area contributed by atoms with Gasteiger partial charge >= 0.3 is 0 Å². The van der Waals surface area contributed by atoms with Crippen LogP contribution in [0.25, 0.3) is 0 Å². The molecule has 0 saturated heterocycles. The van der Waals surface area contributed by atoms with Crippen LogP contribution in [0.1, 0.15) is 120 Å². The fraction of sp³-hybridized carbons (Fsp3) is 0.684. The van der Waals surface area contributed by atoms with Crippen molar-refractivity contribution >= 4 is 0 Å². The molecule has 0 radical (unpaired) electrons. The van der Waals surface area contributed by atoms with Gasteiger partial charge in [0.15, 0.2) is 0 Å². The van der Waals surface area contributed by atoms with E-state index < -0.39 is 0 Å². The molecule has 0 aliphatic rings. The van der Waals surface area contributed by atoms with Gasteiger partial charge in [0, 0.05) is 6.04 Å². The quantitative estimate of drug-likeness (QED) is 0.123. The molecule has 2 rings (SSSR count). The predicted octanol–water partition coefficient (Wildman–Crippen LogP) is 7.51. The maximum atomic E-state index is 5.56. The molecular formula is C38H66N4. The van der Waals surface area contributed by atoms with Crippen molar-refractivity contribution in [1.82, 2.24) is 16.0 Å². The van der Waals surface area contributed by atoms with E-state index in [0.717, 1.165) is 45.7 Å². The SMILES string of the molecule is Cc1ccc(C(C)(C)C)cc1CCCC(CCCc1cc(C(C)(C)C)ccc1C)NCCCNCCCNCCCN. The van der Waals surface area contributed by atoms with Gasteiger partial charge < -0.3 is 21.7 Å². The lowest BCUT2D eigenvalue weighted by Gasteiger charge is -2.22. The van der Waals surface area contributed by atoms with Gasteiger partial charge in [-0.3, -0.25) is 0 Å². The molecule has 2 aromatic rings. The van der Waals surface area contributed by atoms with E-state index in [0.29, 0.717) is 6.04 Å². The molecule has 0 saturated carbocycles. The molecule has 238 valence electrons. The molecule has 5 N–H and O–H groups in total. The first kappa shape index (κ1) is 36.5. The number of nitrogens with two attached hydrogens (primary N) is 1. The van der Waals surface area contributed by atoms with Crippen LogP contribution in [0.3, 0.4) is 0 Å². The van der Waals surface area contributed by atoms with E-state index >= 15 is 0 Å². The first-order chi connectivity index (χ1) is 19.9. The maximum absolute atomic E-state index is 5.56. The molecule has 0 bridgehead atoms. The van der Waals surface area contributed by atoms with Gasteiger partial charge in [0.2, 0.25) is 0 Å². The standard InChI is InChI=1S/C38H66N4/c1-30-18-20-34(37(3,4)5)28-32(30)14-9-16-36(42-27-13-26-41-25-12-24-40-23-11-22-39)17-10-15-33-29-35(38(6,7)8)21-19-31(33)2/h18-21,28-29,36,40-42H,9-17,22-27,39H2,1-8H3. The molecule has 42 heavy (non-hydrogen) atoms. The van der Waals surface area contributed by atoms with E-state index in [4.69, 9.17) is 5.73 Å². The highest BCUT2D eigenvalue weighted by Crippen LogP contribution is 2.27. The normalized spacial score (nSPS) is 12.4. The Morgan fingerprint density at radius 2 is 1.02 bits per heavy atom. The zero-order chi connectivity index (χ0) is 31.0. The van der Waals surface area contributed by atoms with E-state index in [-0.39, 0.29) is 10.8 Å². The summed E-state index contributed by atoms with van der Waals surface area (Å²) < 4.78 is 0. The third kappa shape index (κ3) is 14.2. The molecule has 0 aliphatic heterocycles. The van der Waals surface area contributed by atoms with Crippen LogP contribution in [0.15, 0.2) is 36.4 Å². The Bertz CT molecular complexity index is 945. The average Bonchev–Trinajstić information content (AvgIpc) is 2.92. The van der Waals surface area contributed by atoms with Crippen LogP contribution in [0, 0.1) is 13.8 Å². The van der Waals surface area contributed by atoms with E-state index in [2.05, 4.69) is 108 Å². The minimum atomic E-state index is 0.198. The lowest BCUT2D eigenvalue weighted by atomic mass is 9.84. The summed E-state index contributed by atoms with van der Waals surface area (Å²) in [6.45, 7) is 24.6. The Morgan fingerprint density at radius 3 is 1.45 bits per heavy atom. The van der Waals surface area contributed by atoms with Crippen LogP contribution < -0.4 is 21.7 Å². The summed E-state index contributed by atoms with van der Waals surface area (Å²) in [6, 6.07) is 14.8. The topological polar surface area (TPSA) is 62.1 Å². The summed E-state index contributed by atoms with van der Waals surface area (Å²) in [4.78, 5) is 0. The van der Waals surface area contributed by atoms with Gasteiger partial charge in [0.25, 0.3) is 0 Å². The molecule has 0 heterocycles. The number of nitrogens with one attached hydrogen (secondary N) is 3. The van der Waals surface area contributed by atoms with E-state index in [9.17, 15) is 0 Å². The third-order valence-electron chi connectivity index (χ3n) is 8.66. The summed E-state index contributed by atoms with van der Waals surface area (Å²) in [5.74, 6) is 0. The summed E-state index contributed by atoms with van der Waals surface area (Å²) in [7, 11) is 0. The van der Waals surface area contributed by atoms with E-state index in [1.807, 2.05) is 0 Å². The van der Waals surface area contributed by atoms with Gasteiger partial charge in [-0.15, -0.1) is 0 Å². The lowest BCUT2D eigenvalue weighted by Crippen LogP contribution is -2.32. The molecule has 0 unspecified atom stereocenters. The molecule has 4 heteroatoms.